The lowest BCUT2D eigenvalue weighted by molar-refractivity contribution is -0.176. The normalized spacial score (nSPS) is 40.7. The average molecular weight is 684 g/mol. The number of rotatable bonds is 5. The van der Waals surface area contributed by atoms with Crippen LogP contribution >= 0.6 is 11.6 Å². The zero-order valence-electron chi connectivity index (χ0n) is 27.7. The molecule has 1 aromatic heterocycles. The van der Waals surface area contributed by atoms with E-state index in [2.05, 4.69) is 37.0 Å². The first kappa shape index (κ1) is 32.8. The molecule has 8 atom stereocenters. The van der Waals surface area contributed by atoms with Gasteiger partial charge in [-0.15, -0.1) is 0 Å². The molecule has 7 aliphatic rings. The summed E-state index contributed by atoms with van der Waals surface area (Å²) in [4.78, 5) is 17.3. The van der Waals surface area contributed by atoms with E-state index < -0.39 is 39.7 Å². The molecule has 3 saturated carbocycles. The van der Waals surface area contributed by atoms with Crippen LogP contribution in [0, 0.1) is 33.5 Å². The summed E-state index contributed by atoms with van der Waals surface area (Å²) < 4.78 is 46.8. The van der Waals surface area contributed by atoms with E-state index in [0.29, 0.717) is 25.0 Å². The molecule has 0 radical (unpaired) electrons. The number of alkyl halides is 3. The van der Waals surface area contributed by atoms with Gasteiger partial charge in [0, 0.05) is 33.9 Å². The third kappa shape index (κ3) is 4.44. The van der Waals surface area contributed by atoms with Crippen LogP contribution in [-0.2, 0) is 6.18 Å². The average Bonchev–Trinajstić information content (AvgIpc) is 3.63. The number of allylic oxidation sites excluding steroid dienone is 4. The quantitative estimate of drug-likeness (QED) is 0.243. The molecule has 9 rings (SSSR count). The van der Waals surface area contributed by atoms with E-state index in [1.54, 1.807) is 6.07 Å². The summed E-state index contributed by atoms with van der Waals surface area (Å²) in [5.74, 6) is 0.0218. The number of carbonyl (C=O) groups excluding carboxylic acids is 1. The molecule has 2 aromatic rings. The number of carbonyl (C=O) groups is 1. The number of aliphatic hydroxyl groups is 2. The first-order valence-corrected chi connectivity index (χ1v) is 18.1. The monoisotopic (exact) mass is 683 g/mol. The van der Waals surface area contributed by atoms with Crippen LogP contribution in [-0.4, -0.2) is 52.2 Å². The SMILES string of the molecule is C[C@]12CC[C@H]3[C@]4(C=C[C@@]5(C=C4C(=O)c4ccc(-c6cc(C(F)(F)F)ccc6Cl)o4)CC(O)CC[C@]35C)[C@@H]1CC[C@@]2(O)CN1CCCCC1. The van der Waals surface area contributed by atoms with Crippen molar-refractivity contribution in [1.82, 2.24) is 4.90 Å². The molecular formula is C39H45ClF3NO4. The Labute approximate surface area is 285 Å². The van der Waals surface area contributed by atoms with Crippen LogP contribution in [0.15, 0.2) is 58.6 Å². The Morgan fingerprint density at radius 1 is 0.979 bits per heavy atom. The standard InChI is InChI=1S/C39H45ClF3NO4/c1-34-13-10-25(45)21-36(34)16-17-38(31(34)11-14-35(2)32(38)12-15-37(35,47)23-44-18-4-3-5-19-44)27(22-36)33(46)30-9-8-29(48-30)26-20-24(39(41,42)43)6-7-28(26)40/h6-9,16-17,20,22,25,31-32,45,47H,3-5,10-15,18-19,21,23H2,1-2H3/t25?,31-,32-,34-,35+,36+,37-,38-/m1/s1. The number of ketones is 1. The predicted molar refractivity (Wildman–Crippen MR) is 177 cm³/mol. The lowest BCUT2D eigenvalue weighted by atomic mass is 9.32. The van der Waals surface area contributed by atoms with Crippen LogP contribution in [0.1, 0.15) is 94.2 Å². The van der Waals surface area contributed by atoms with E-state index in [4.69, 9.17) is 16.0 Å². The van der Waals surface area contributed by atoms with Gasteiger partial charge in [0.2, 0.25) is 5.78 Å². The van der Waals surface area contributed by atoms with Gasteiger partial charge in [-0.05, 0) is 118 Å². The maximum Gasteiger partial charge on any atom is 0.416 e. The predicted octanol–water partition coefficient (Wildman–Crippen LogP) is 8.88. The number of nitrogens with zero attached hydrogens (tertiary/aromatic N) is 1. The number of halogens is 4. The summed E-state index contributed by atoms with van der Waals surface area (Å²) in [6, 6.07) is 6.15. The van der Waals surface area contributed by atoms with Crippen LogP contribution in [0.3, 0.4) is 0 Å². The van der Waals surface area contributed by atoms with Crippen LogP contribution < -0.4 is 0 Å². The molecule has 0 amide bonds. The van der Waals surface area contributed by atoms with Crippen LogP contribution in [0.4, 0.5) is 13.2 Å². The molecule has 2 N–H and O–H groups in total. The Kier molecular flexibility index (Phi) is 7.38. The minimum Gasteiger partial charge on any atom is -0.453 e. The van der Waals surface area contributed by atoms with Crippen molar-refractivity contribution in [2.75, 3.05) is 19.6 Å². The number of piperidine rings is 1. The number of benzene rings is 1. The zero-order valence-corrected chi connectivity index (χ0v) is 28.5. The van der Waals surface area contributed by atoms with Crippen molar-refractivity contribution < 1.29 is 32.6 Å². The molecule has 1 unspecified atom stereocenters. The Balaban J connectivity index is 1.22. The van der Waals surface area contributed by atoms with Crippen molar-refractivity contribution in [1.29, 1.82) is 0 Å². The molecule has 4 fully saturated rings. The molecule has 5 nitrogen and oxygen atoms in total. The minimum absolute atomic E-state index is 0.0132. The maximum absolute atomic E-state index is 14.9. The fraction of sp³-hybridized carbons (Fsp3) is 0.615. The van der Waals surface area contributed by atoms with Gasteiger partial charge in [-0.1, -0.05) is 50.1 Å². The Morgan fingerprint density at radius 2 is 1.69 bits per heavy atom. The first-order chi connectivity index (χ1) is 22.7. The molecule has 48 heavy (non-hydrogen) atoms. The van der Waals surface area contributed by atoms with Gasteiger partial charge in [-0.3, -0.25) is 4.79 Å². The summed E-state index contributed by atoms with van der Waals surface area (Å²) in [5, 5.41) is 23.7. The highest BCUT2D eigenvalue weighted by Gasteiger charge is 2.74. The summed E-state index contributed by atoms with van der Waals surface area (Å²) in [5.41, 5.74) is -2.74. The molecule has 1 aliphatic heterocycles. The Hall–Kier alpha value is -2.39. The third-order valence-electron chi connectivity index (χ3n) is 14.3. The highest BCUT2D eigenvalue weighted by molar-refractivity contribution is 6.33. The van der Waals surface area contributed by atoms with Crippen LogP contribution in [0.25, 0.3) is 11.3 Å². The highest BCUT2D eigenvalue weighted by Crippen LogP contribution is 2.78. The van der Waals surface area contributed by atoms with Gasteiger partial charge in [-0.2, -0.15) is 13.2 Å². The lowest BCUT2D eigenvalue weighted by Crippen LogP contribution is -2.67. The molecule has 258 valence electrons. The molecule has 2 bridgehead atoms. The molecule has 6 aliphatic carbocycles. The fourth-order valence-electron chi connectivity index (χ4n) is 11.7. The number of hydrogen-bond donors (Lipinski definition) is 2. The maximum atomic E-state index is 14.9. The number of aliphatic hydroxyl groups excluding tert-OH is 1. The molecule has 1 saturated heterocycles. The minimum atomic E-state index is -4.56. The molecular weight excluding hydrogens is 639 g/mol. The van der Waals surface area contributed by atoms with E-state index >= 15 is 0 Å². The summed E-state index contributed by atoms with van der Waals surface area (Å²) in [6.07, 6.45) is 10.5. The van der Waals surface area contributed by atoms with Gasteiger partial charge in [0.15, 0.2) is 5.76 Å². The number of Topliss-reactive ketones (excluding diaryl/α,β-unsaturated/α-hetero) is 1. The second-order valence-electron chi connectivity index (χ2n) is 16.3. The van der Waals surface area contributed by atoms with E-state index in [-0.39, 0.29) is 45.1 Å². The highest BCUT2D eigenvalue weighted by atomic mass is 35.5. The topological polar surface area (TPSA) is 73.9 Å². The van der Waals surface area contributed by atoms with Gasteiger partial charge in [-0.25, -0.2) is 0 Å². The lowest BCUT2D eigenvalue weighted by Gasteiger charge is -2.71. The van der Waals surface area contributed by atoms with Crippen molar-refractivity contribution in [2.24, 2.45) is 33.5 Å². The van der Waals surface area contributed by atoms with Gasteiger partial charge >= 0.3 is 6.18 Å². The van der Waals surface area contributed by atoms with Crippen molar-refractivity contribution >= 4 is 17.4 Å². The third-order valence-corrected chi connectivity index (χ3v) is 14.6. The summed E-state index contributed by atoms with van der Waals surface area (Å²) in [6.45, 7) is 7.24. The second kappa shape index (κ2) is 10.8. The number of fused-ring (bicyclic) bond motifs is 1. The molecule has 2 spiro atoms. The van der Waals surface area contributed by atoms with Crippen molar-refractivity contribution in [2.45, 2.75) is 95.9 Å². The number of β-amino-alcohol motifs (C(OH)–C–C–N with tert-alkyl or cyclic N) is 1. The largest absolute Gasteiger partial charge is 0.453 e. The fourth-order valence-corrected chi connectivity index (χ4v) is 11.9. The van der Waals surface area contributed by atoms with E-state index in [1.165, 1.54) is 18.6 Å². The molecule has 2 heterocycles. The van der Waals surface area contributed by atoms with Crippen molar-refractivity contribution in [3.8, 4) is 11.3 Å². The van der Waals surface area contributed by atoms with Crippen LogP contribution in [0.2, 0.25) is 5.02 Å². The smallest absolute Gasteiger partial charge is 0.416 e. The first-order valence-electron chi connectivity index (χ1n) is 17.7. The molecule has 9 heteroatoms. The Bertz CT molecular complexity index is 1710. The number of likely N-dealkylation sites (tertiary alicyclic amines) is 1. The number of furan rings is 1. The van der Waals surface area contributed by atoms with Gasteiger partial charge < -0.3 is 19.5 Å². The van der Waals surface area contributed by atoms with Crippen molar-refractivity contribution in [3.05, 3.63) is 70.5 Å². The van der Waals surface area contributed by atoms with Gasteiger partial charge in [0.25, 0.3) is 0 Å². The van der Waals surface area contributed by atoms with Crippen molar-refractivity contribution in [3.63, 3.8) is 0 Å². The van der Waals surface area contributed by atoms with E-state index in [0.717, 1.165) is 70.2 Å². The molecule has 1 aromatic carbocycles. The van der Waals surface area contributed by atoms with Crippen LogP contribution in [0.5, 0.6) is 0 Å². The van der Waals surface area contributed by atoms with E-state index in [9.17, 15) is 28.2 Å². The van der Waals surface area contributed by atoms with Gasteiger partial charge in [0.05, 0.1) is 22.3 Å². The zero-order chi connectivity index (χ0) is 33.9. The Morgan fingerprint density at radius 3 is 2.44 bits per heavy atom. The number of hydrogen-bond acceptors (Lipinski definition) is 5. The van der Waals surface area contributed by atoms with E-state index in [1.807, 2.05) is 0 Å². The van der Waals surface area contributed by atoms with Gasteiger partial charge in [0.1, 0.15) is 5.76 Å². The summed E-state index contributed by atoms with van der Waals surface area (Å²) >= 11 is 6.35. The summed E-state index contributed by atoms with van der Waals surface area (Å²) in [7, 11) is 0. The second-order valence-corrected chi connectivity index (χ2v) is 16.7.